The van der Waals surface area contributed by atoms with Gasteiger partial charge in [-0.3, -0.25) is 0 Å². The van der Waals surface area contributed by atoms with E-state index in [4.69, 9.17) is 0 Å². The van der Waals surface area contributed by atoms with E-state index in [1.165, 1.54) is 27.7 Å². The van der Waals surface area contributed by atoms with Gasteiger partial charge in [0.2, 0.25) is 0 Å². The van der Waals surface area contributed by atoms with Crippen LogP contribution in [0.4, 0.5) is 0 Å². The molecule has 0 atom stereocenters. The van der Waals surface area contributed by atoms with Crippen LogP contribution in [-0.4, -0.2) is 9.97 Å². The first-order valence-electron chi connectivity index (χ1n) is 6.76. The molecule has 1 heterocycles. The second-order valence-corrected chi connectivity index (χ2v) is 4.45. The summed E-state index contributed by atoms with van der Waals surface area (Å²) in [6.07, 6.45) is 6.22. The van der Waals surface area contributed by atoms with Crippen molar-refractivity contribution in [3.8, 4) is 0 Å². The van der Waals surface area contributed by atoms with Crippen LogP contribution in [0.1, 0.15) is 49.9 Å². The van der Waals surface area contributed by atoms with Crippen LogP contribution < -0.4 is 0 Å². The first kappa shape index (κ1) is 12.2. The fourth-order valence-corrected chi connectivity index (χ4v) is 3.04. The standard InChI is InChI=1S/C15H22N2/c1-5-10-11(6-2)13(8-4)15-14(12(10)7-3)16-9-17-15/h9H,5-8H2,1-4H3,(H,16,17). The van der Waals surface area contributed by atoms with Crippen LogP contribution in [-0.2, 0) is 25.7 Å². The van der Waals surface area contributed by atoms with Crippen molar-refractivity contribution in [2.24, 2.45) is 0 Å². The van der Waals surface area contributed by atoms with E-state index in [0.717, 1.165) is 25.7 Å². The van der Waals surface area contributed by atoms with Crippen molar-refractivity contribution in [2.45, 2.75) is 53.4 Å². The average Bonchev–Trinajstić information content (AvgIpc) is 2.84. The fraction of sp³-hybridized carbons (Fsp3) is 0.533. The van der Waals surface area contributed by atoms with Gasteiger partial charge >= 0.3 is 0 Å². The van der Waals surface area contributed by atoms with Crippen molar-refractivity contribution >= 4 is 11.0 Å². The van der Waals surface area contributed by atoms with Gasteiger partial charge in [-0.15, -0.1) is 0 Å². The Balaban J connectivity index is 2.89. The summed E-state index contributed by atoms with van der Waals surface area (Å²) in [7, 11) is 0. The molecule has 2 nitrogen and oxygen atoms in total. The second kappa shape index (κ2) is 4.91. The summed E-state index contributed by atoms with van der Waals surface area (Å²) in [5.41, 5.74) is 8.44. The van der Waals surface area contributed by atoms with Gasteiger partial charge < -0.3 is 4.98 Å². The molecule has 0 aliphatic carbocycles. The van der Waals surface area contributed by atoms with E-state index in [9.17, 15) is 0 Å². The minimum atomic E-state index is 1.07. The van der Waals surface area contributed by atoms with Crippen molar-refractivity contribution in [1.29, 1.82) is 0 Å². The number of aromatic amines is 1. The minimum Gasteiger partial charge on any atom is -0.344 e. The van der Waals surface area contributed by atoms with Crippen molar-refractivity contribution in [3.05, 3.63) is 28.6 Å². The van der Waals surface area contributed by atoms with E-state index in [1.54, 1.807) is 5.56 Å². The largest absolute Gasteiger partial charge is 0.344 e. The predicted molar refractivity (Wildman–Crippen MR) is 73.6 cm³/mol. The van der Waals surface area contributed by atoms with Gasteiger partial charge in [-0.1, -0.05) is 27.7 Å². The molecule has 0 radical (unpaired) electrons. The highest BCUT2D eigenvalue weighted by atomic mass is 14.9. The van der Waals surface area contributed by atoms with Crippen LogP contribution in [0, 0.1) is 0 Å². The van der Waals surface area contributed by atoms with Crippen LogP contribution in [0.2, 0.25) is 0 Å². The first-order chi connectivity index (χ1) is 8.28. The van der Waals surface area contributed by atoms with Gasteiger partial charge in [0.05, 0.1) is 17.4 Å². The van der Waals surface area contributed by atoms with Crippen LogP contribution in [0.15, 0.2) is 6.33 Å². The minimum absolute atomic E-state index is 1.07. The number of rotatable bonds is 4. The molecule has 0 aliphatic heterocycles. The van der Waals surface area contributed by atoms with Crippen LogP contribution in [0.25, 0.3) is 11.0 Å². The highest BCUT2D eigenvalue weighted by Gasteiger charge is 2.16. The molecule has 2 heteroatoms. The van der Waals surface area contributed by atoms with Crippen molar-refractivity contribution in [3.63, 3.8) is 0 Å². The molecule has 1 aromatic heterocycles. The third-order valence-corrected chi connectivity index (χ3v) is 3.73. The molecule has 17 heavy (non-hydrogen) atoms. The molecule has 2 aromatic rings. The Kier molecular flexibility index (Phi) is 3.51. The highest BCUT2D eigenvalue weighted by Crippen LogP contribution is 2.30. The van der Waals surface area contributed by atoms with Gasteiger partial charge in [-0.2, -0.15) is 0 Å². The van der Waals surface area contributed by atoms with Crippen molar-refractivity contribution < 1.29 is 0 Å². The van der Waals surface area contributed by atoms with E-state index < -0.39 is 0 Å². The lowest BCUT2D eigenvalue weighted by Gasteiger charge is -2.17. The maximum absolute atomic E-state index is 4.53. The lowest BCUT2D eigenvalue weighted by atomic mass is 9.89. The summed E-state index contributed by atoms with van der Waals surface area (Å²) in [4.78, 5) is 7.86. The van der Waals surface area contributed by atoms with E-state index in [0.29, 0.717) is 0 Å². The van der Waals surface area contributed by atoms with Crippen LogP contribution in [0.3, 0.4) is 0 Å². The Morgan fingerprint density at radius 2 is 1.35 bits per heavy atom. The number of benzene rings is 1. The monoisotopic (exact) mass is 230 g/mol. The summed E-state index contributed by atoms with van der Waals surface area (Å²) < 4.78 is 0. The summed E-state index contributed by atoms with van der Waals surface area (Å²) >= 11 is 0. The smallest absolute Gasteiger partial charge is 0.0932 e. The molecule has 0 saturated carbocycles. The van der Waals surface area contributed by atoms with Crippen LogP contribution in [0.5, 0.6) is 0 Å². The second-order valence-electron chi connectivity index (χ2n) is 4.45. The summed E-state index contributed by atoms with van der Waals surface area (Å²) in [5.74, 6) is 0. The maximum atomic E-state index is 4.53. The summed E-state index contributed by atoms with van der Waals surface area (Å²) in [6, 6.07) is 0. The van der Waals surface area contributed by atoms with Crippen molar-refractivity contribution in [2.75, 3.05) is 0 Å². The zero-order valence-corrected chi connectivity index (χ0v) is 11.4. The number of hydrogen-bond acceptors (Lipinski definition) is 1. The number of hydrogen-bond donors (Lipinski definition) is 1. The molecule has 0 saturated heterocycles. The lowest BCUT2D eigenvalue weighted by molar-refractivity contribution is 0.957. The van der Waals surface area contributed by atoms with E-state index in [1.807, 2.05) is 6.33 Å². The molecule has 2 rings (SSSR count). The van der Waals surface area contributed by atoms with Gasteiger partial charge in [0.15, 0.2) is 0 Å². The Morgan fingerprint density at radius 1 is 0.824 bits per heavy atom. The number of nitrogens with one attached hydrogen (secondary N) is 1. The van der Waals surface area contributed by atoms with Gasteiger partial charge in [0, 0.05) is 0 Å². The molecule has 0 spiro atoms. The Labute approximate surface area is 103 Å². The van der Waals surface area contributed by atoms with Crippen LogP contribution >= 0.6 is 0 Å². The molecular formula is C15H22N2. The Hall–Kier alpha value is -1.31. The molecule has 92 valence electrons. The quantitative estimate of drug-likeness (QED) is 0.850. The van der Waals surface area contributed by atoms with E-state index in [2.05, 4.69) is 37.7 Å². The van der Waals surface area contributed by atoms with Crippen molar-refractivity contribution in [1.82, 2.24) is 9.97 Å². The third-order valence-electron chi connectivity index (χ3n) is 3.73. The fourth-order valence-electron chi connectivity index (χ4n) is 3.04. The molecule has 1 aromatic carbocycles. The number of imidazole rings is 1. The number of H-pyrrole nitrogens is 1. The molecular weight excluding hydrogens is 208 g/mol. The number of aryl methyl sites for hydroxylation is 2. The molecule has 0 bridgehead atoms. The molecule has 0 unspecified atom stereocenters. The number of aromatic nitrogens is 2. The molecule has 0 amide bonds. The average molecular weight is 230 g/mol. The van der Waals surface area contributed by atoms with Gasteiger partial charge in [0.1, 0.15) is 0 Å². The Bertz CT molecular complexity index is 477. The van der Waals surface area contributed by atoms with Gasteiger partial charge in [0.25, 0.3) is 0 Å². The molecule has 0 aliphatic rings. The Morgan fingerprint density at radius 3 is 1.88 bits per heavy atom. The summed E-state index contributed by atoms with van der Waals surface area (Å²) in [5, 5.41) is 0. The first-order valence-corrected chi connectivity index (χ1v) is 6.76. The normalized spacial score (nSPS) is 11.3. The zero-order valence-electron chi connectivity index (χ0n) is 11.4. The molecule has 1 N–H and O–H groups in total. The highest BCUT2D eigenvalue weighted by molar-refractivity contribution is 5.85. The number of nitrogens with zero attached hydrogens (tertiary/aromatic N) is 1. The van der Waals surface area contributed by atoms with Gasteiger partial charge in [-0.05, 0) is 47.9 Å². The topological polar surface area (TPSA) is 28.7 Å². The lowest BCUT2D eigenvalue weighted by Crippen LogP contribution is -2.04. The maximum Gasteiger partial charge on any atom is 0.0932 e. The molecule has 0 fully saturated rings. The van der Waals surface area contributed by atoms with Gasteiger partial charge in [-0.25, -0.2) is 4.98 Å². The van der Waals surface area contributed by atoms with E-state index >= 15 is 0 Å². The SMILES string of the molecule is CCc1c(CC)c(CC)c2[nH]cnc2c1CC. The number of fused-ring (bicyclic) bond motifs is 1. The van der Waals surface area contributed by atoms with E-state index in [-0.39, 0.29) is 0 Å². The zero-order chi connectivity index (χ0) is 12.4. The predicted octanol–water partition coefficient (Wildman–Crippen LogP) is 3.81. The summed E-state index contributed by atoms with van der Waals surface area (Å²) in [6.45, 7) is 8.98. The third kappa shape index (κ3) is 1.76.